The predicted molar refractivity (Wildman–Crippen MR) is 76.1 cm³/mol. The van der Waals surface area contributed by atoms with Gasteiger partial charge in [-0.15, -0.1) is 0 Å². The Labute approximate surface area is 122 Å². The highest BCUT2D eigenvalue weighted by molar-refractivity contribution is 6.32. The van der Waals surface area contributed by atoms with Crippen LogP contribution in [0, 0.1) is 5.41 Å². The van der Waals surface area contributed by atoms with Gasteiger partial charge >= 0.3 is 5.97 Å². The van der Waals surface area contributed by atoms with Gasteiger partial charge in [-0.2, -0.15) is 0 Å². The number of carboxylic acids is 1. The van der Waals surface area contributed by atoms with Crippen LogP contribution in [0.4, 0.5) is 0 Å². The molecule has 6 heteroatoms. The third kappa shape index (κ3) is 3.04. The number of hydrogen-bond donors (Lipinski definition) is 3. The Morgan fingerprint density at radius 1 is 1.20 bits per heavy atom. The molecule has 0 saturated carbocycles. The number of rotatable bonds is 4. The van der Waals surface area contributed by atoms with Crippen LogP contribution in [0.25, 0.3) is 0 Å². The molecule has 5 nitrogen and oxygen atoms in total. The van der Waals surface area contributed by atoms with E-state index < -0.39 is 22.8 Å². The molecule has 1 aromatic carbocycles. The number of aliphatic carboxylic acids is 1. The minimum atomic E-state index is -1.15. The normalized spacial score (nSPS) is 12.1. The first-order valence-corrected chi connectivity index (χ1v) is 6.41. The van der Waals surface area contributed by atoms with Gasteiger partial charge in [-0.1, -0.05) is 11.6 Å². The van der Waals surface area contributed by atoms with Crippen LogP contribution < -0.4 is 5.32 Å². The second-order valence-corrected chi connectivity index (χ2v) is 6.08. The van der Waals surface area contributed by atoms with Crippen molar-refractivity contribution in [2.24, 2.45) is 5.41 Å². The Bertz CT molecular complexity index is 552. The molecular weight excluding hydrogens is 282 g/mol. The van der Waals surface area contributed by atoms with Gasteiger partial charge in [0, 0.05) is 5.56 Å². The maximum atomic E-state index is 12.1. The summed E-state index contributed by atoms with van der Waals surface area (Å²) in [5, 5.41) is 21.3. The molecule has 0 saturated heterocycles. The van der Waals surface area contributed by atoms with Gasteiger partial charge in [0.25, 0.3) is 5.91 Å². The van der Waals surface area contributed by atoms with E-state index in [9.17, 15) is 19.8 Å². The lowest BCUT2D eigenvalue weighted by molar-refractivity contribution is -0.150. The number of nitrogens with one attached hydrogen (secondary N) is 1. The molecule has 1 rings (SSSR count). The molecule has 110 valence electrons. The van der Waals surface area contributed by atoms with Gasteiger partial charge < -0.3 is 15.5 Å². The quantitative estimate of drug-likeness (QED) is 0.797. The van der Waals surface area contributed by atoms with E-state index in [2.05, 4.69) is 5.32 Å². The van der Waals surface area contributed by atoms with Crippen molar-refractivity contribution in [1.29, 1.82) is 0 Å². The average molecular weight is 300 g/mol. The average Bonchev–Trinajstić information content (AvgIpc) is 2.31. The van der Waals surface area contributed by atoms with Crippen molar-refractivity contribution >= 4 is 23.5 Å². The molecule has 0 atom stereocenters. The number of benzene rings is 1. The smallest absolute Gasteiger partial charge is 0.311 e. The molecule has 0 fully saturated rings. The number of carbonyl (C=O) groups is 2. The number of carboxylic acid groups (broad SMARTS) is 1. The standard InChI is InChI=1S/C14H18ClNO4/c1-13(2,12(19)20)14(3,4)16-11(18)8-5-6-10(17)9(15)7-8/h5-7,17H,1-4H3,(H,16,18)(H,19,20). The van der Waals surface area contributed by atoms with Crippen molar-refractivity contribution < 1.29 is 19.8 Å². The minimum Gasteiger partial charge on any atom is -0.506 e. The van der Waals surface area contributed by atoms with Crippen LogP contribution in [0.2, 0.25) is 5.02 Å². The van der Waals surface area contributed by atoms with Crippen molar-refractivity contribution in [3.05, 3.63) is 28.8 Å². The lowest BCUT2D eigenvalue weighted by atomic mass is 9.74. The molecule has 0 bridgehead atoms. The molecule has 0 aromatic heterocycles. The highest BCUT2D eigenvalue weighted by Crippen LogP contribution is 2.31. The second-order valence-electron chi connectivity index (χ2n) is 5.68. The first-order chi connectivity index (χ1) is 8.99. The van der Waals surface area contributed by atoms with Gasteiger partial charge in [0.05, 0.1) is 16.0 Å². The van der Waals surface area contributed by atoms with Gasteiger partial charge in [0.1, 0.15) is 5.75 Å². The number of amides is 1. The van der Waals surface area contributed by atoms with E-state index >= 15 is 0 Å². The van der Waals surface area contributed by atoms with Gasteiger partial charge in [0.2, 0.25) is 0 Å². The number of carbonyl (C=O) groups excluding carboxylic acids is 1. The van der Waals surface area contributed by atoms with Gasteiger partial charge in [-0.05, 0) is 45.9 Å². The number of hydrogen-bond acceptors (Lipinski definition) is 3. The summed E-state index contributed by atoms with van der Waals surface area (Å²) in [5.41, 5.74) is -1.87. The number of aromatic hydroxyl groups is 1. The summed E-state index contributed by atoms with van der Waals surface area (Å²) in [5.74, 6) is -1.58. The van der Waals surface area contributed by atoms with Crippen molar-refractivity contribution in [3.8, 4) is 5.75 Å². The molecule has 0 radical (unpaired) electrons. The molecule has 1 aromatic rings. The van der Waals surface area contributed by atoms with E-state index in [0.717, 1.165) is 0 Å². The largest absolute Gasteiger partial charge is 0.506 e. The van der Waals surface area contributed by atoms with E-state index in [4.69, 9.17) is 11.6 Å². The number of phenolic OH excluding ortho intramolecular Hbond substituents is 1. The van der Waals surface area contributed by atoms with Crippen LogP contribution in [-0.2, 0) is 4.79 Å². The van der Waals surface area contributed by atoms with Crippen LogP contribution >= 0.6 is 11.6 Å². The maximum Gasteiger partial charge on any atom is 0.311 e. The van der Waals surface area contributed by atoms with Crippen molar-refractivity contribution in [1.82, 2.24) is 5.32 Å². The zero-order chi connectivity index (χ0) is 15.7. The molecule has 0 aliphatic heterocycles. The topological polar surface area (TPSA) is 86.6 Å². The fourth-order valence-corrected chi connectivity index (χ4v) is 1.61. The summed E-state index contributed by atoms with van der Waals surface area (Å²) < 4.78 is 0. The van der Waals surface area contributed by atoms with Crippen LogP contribution in [-0.4, -0.2) is 27.6 Å². The third-order valence-corrected chi connectivity index (χ3v) is 4.04. The summed E-state index contributed by atoms with van der Waals surface area (Å²) in [4.78, 5) is 23.4. The molecular formula is C14H18ClNO4. The maximum absolute atomic E-state index is 12.1. The molecule has 20 heavy (non-hydrogen) atoms. The summed E-state index contributed by atoms with van der Waals surface area (Å²) in [7, 11) is 0. The molecule has 3 N–H and O–H groups in total. The van der Waals surface area contributed by atoms with E-state index in [1.165, 1.54) is 18.2 Å². The van der Waals surface area contributed by atoms with Crippen LogP contribution in [0.1, 0.15) is 38.1 Å². The Balaban J connectivity index is 3.00. The summed E-state index contributed by atoms with van der Waals surface area (Å²) in [6, 6.07) is 4.06. The molecule has 0 spiro atoms. The highest BCUT2D eigenvalue weighted by Gasteiger charge is 2.44. The summed E-state index contributed by atoms with van der Waals surface area (Å²) in [6.45, 7) is 6.36. The van der Waals surface area contributed by atoms with E-state index in [1.807, 2.05) is 0 Å². The molecule has 0 heterocycles. The summed E-state index contributed by atoms with van der Waals surface area (Å²) >= 11 is 5.75. The van der Waals surface area contributed by atoms with E-state index in [1.54, 1.807) is 27.7 Å². The minimum absolute atomic E-state index is 0.0629. The zero-order valence-corrected chi connectivity index (χ0v) is 12.6. The highest BCUT2D eigenvalue weighted by atomic mass is 35.5. The lowest BCUT2D eigenvalue weighted by Gasteiger charge is -2.38. The van der Waals surface area contributed by atoms with Crippen LogP contribution in [0.3, 0.4) is 0 Å². The fourth-order valence-electron chi connectivity index (χ4n) is 1.43. The molecule has 1 amide bonds. The van der Waals surface area contributed by atoms with E-state index in [0.29, 0.717) is 0 Å². The first-order valence-electron chi connectivity index (χ1n) is 6.03. The van der Waals surface area contributed by atoms with Crippen molar-refractivity contribution in [2.75, 3.05) is 0 Å². The molecule has 0 unspecified atom stereocenters. The Kier molecular flexibility index (Phi) is 4.34. The first kappa shape index (κ1) is 16.3. The summed E-state index contributed by atoms with van der Waals surface area (Å²) in [6.07, 6.45) is 0. The van der Waals surface area contributed by atoms with Crippen molar-refractivity contribution in [3.63, 3.8) is 0 Å². The Morgan fingerprint density at radius 3 is 2.20 bits per heavy atom. The lowest BCUT2D eigenvalue weighted by Crippen LogP contribution is -2.56. The molecule has 0 aliphatic rings. The monoisotopic (exact) mass is 299 g/mol. The predicted octanol–water partition coefficient (Wildman–Crippen LogP) is 2.66. The van der Waals surface area contributed by atoms with Gasteiger partial charge in [-0.25, -0.2) is 0 Å². The number of halogens is 1. The van der Waals surface area contributed by atoms with Crippen LogP contribution in [0.5, 0.6) is 5.75 Å². The number of phenols is 1. The van der Waals surface area contributed by atoms with Crippen molar-refractivity contribution in [2.45, 2.75) is 33.2 Å². The Morgan fingerprint density at radius 2 is 1.75 bits per heavy atom. The fraction of sp³-hybridized carbons (Fsp3) is 0.429. The SMILES string of the molecule is CC(C)(NC(=O)c1ccc(O)c(Cl)c1)C(C)(C)C(=O)O. The van der Waals surface area contributed by atoms with Crippen LogP contribution in [0.15, 0.2) is 18.2 Å². The zero-order valence-electron chi connectivity index (χ0n) is 11.8. The third-order valence-electron chi connectivity index (χ3n) is 3.73. The molecule has 0 aliphatic carbocycles. The second kappa shape index (κ2) is 5.32. The van der Waals surface area contributed by atoms with Gasteiger partial charge in [0.15, 0.2) is 0 Å². The Hall–Kier alpha value is -1.75. The van der Waals surface area contributed by atoms with E-state index in [-0.39, 0.29) is 16.3 Å². The van der Waals surface area contributed by atoms with Gasteiger partial charge in [-0.3, -0.25) is 9.59 Å².